The van der Waals surface area contributed by atoms with E-state index in [1.807, 2.05) is 6.92 Å². The Labute approximate surface area is 106 Å². The monoisotopic (exact) mass is 260 g/mol. The minimum atomic E-state index is -0.829. The number of fused-ring (bicyclic) bond motifs is 1. The molecule has 0 spiro atoms. The smallest absolute Gasteiger partial charge is 0.159 e. The number of rotatable bonds is 3. The molecule has 3 N–H and O–H groups in total. The summed E-state index contributed by atoms with van der Waals surface area (Å²) in [7, 11) is 0. The van der Waals surface area contributed by atoms with Gasteiger partial charge < -0.3 is 20.3 Å². The number of nitrogens with zero attached hydrogens (tertiary/aromatic N) is 1. The van der Waals surface area contributed by atoms with E-state index >= 15 is 0 Å². The Morgan fingerprint density at radius 1 is 1.53 bits per heavy atom. The van der Waals surface area contributed by atoms with Gasteiger partial charge in [-0.25, -0.2) is 0 Å². The summed E-state index contributed by atoms with van der Waals surface area (Å²) in [6.07, 6.45) is 0.0354. The largest absolute Gasteiger partial charge is 0.388 e. The number of aliphatic hydroxyl groups is 2. The molecule has 6 heteroatoms. The van der Waals surface area contributed by atoms with Crippen molar-refractivity contribution in [2.75, 3.05) is 13.2 Å². The van der Waals surface area contributed by atoms with Crippen LogP contribution in [-0.2, 0) is 4.74 Å². The molecule has 0 aromatic rings. The zero-order valence-electron chi connectivity index (χ0n) is 10.2. The zero-order valence-corrected chi connectivity index (χ0v) is 11.0. The van der Waals surface area contributed by atoms with E-state index in [0.29, 0.717) is 6.42 Å². The fourth-order valence-electron chi connectivity index (χ4n) is 2.26. The average Bonchev–Trinajstić information content (AvgIpc) is 2.71. The van der Waals surface area contributed by atoms with Gasteiger partial charge in [-0.1, -0.05) is 25.6 Å². The molecule has 0 aliphatic carbocycles. The van der Waals surface area contributed by atoms with Crippen LogP contribution in [0.5, 0.6) is 0 Å². The lowest BCUT2D eigenvalue weighted by atomic mass is 9.85. The summed E-state index contributed by atoms with van der Waals surface area (Å²) >= 11 is 1.51. The molecule has 2 aliphatic heterocycles. The van der Waals surface area contributed by atoms with E-state index in [9.17, 15) is 10.2 Å². The molecule has 0 saturated carbocycles. The Hall–Kier alpha value is -0.300. The SMILES string of the molecule is CCCN=C1NC2(CC)C(OCC(O)C2O)S1. The van der Waals surface area contributed by atoms with Crippen LogP contribution in [-0.4, -0.2) is 51.7 Å². The summed E-state index contributed by atoms with van der Waals surface area (Å²) in [5, 5.41) is 24.0. The van der Waals surface area contributed by atoms with Crippen molar-refractivity contribution in [1.29, 1.82) is 0 Å². The lowest BCUT2D eigenvalue weighted by molar-refractivity contribution is -0.146. The maximum atomic E-state index is 10.2. The van der Waals surface area contributed by atoms with E-state index in [1.165, 1.54) is 11.8 Å². The van der Waals surface area contributed by atoms with Crippen LogP contribution >= 0.6 is 11.8 Å². The van der Waals surface area contributed by atoms with Crippen molar-refractivity contribution in [2.24, 2.45) is 4.99 Å². The van der Waals surface area contributed by atoms with Crippen molar-refractivity contribution in [3.05, 3.63) is 0 Å². The molecule has 0 bridgehead atoms. The lowest BCUT2D eigenvalue weighted by Crippen LogP contribution is -2.65. The Morgan fingerprint density at radius 2 is 2.29 bits per heavy atom. The molecule has 0 amide bonds. The minimum Gasteiger partial charge on any atom is -0.388 e. The fraction of sp³-hybridized carbons (Fsp3) is 0.909. The molecule has 4 atom stereocenters. The second-order valence-corrected chi connectivity index (χ2v) is 5.55. The number of thioether (sulfide) groups is 1. The maximum absolute atomic E-state index is 10.2. The molecule has 2 fully saturated rings. The summed E-state index contributed by atoms with van der Waals surface area (Å²) in [5.41, 5.74) is -0.768. The maximum Gasteiger partial charge on any atom is 0.159 e. The van der Waals surface area contributed by atoms with E-state index in [1.54, 1.807) is 0 Å². The number of hydrogen-bond donors (Lipinski definition) is 3. The van der Waals surface area contributed by atoms with Gasteiger partial charge in [0.2, 0.25) is 0 Å². The number of aliphatic imine (C=N–C) groups is 1. The molecular weight excluding hydrogens is 240 g/mol. The zero-order chi connectivity index (χ0) is 12.5. The van der Waals surface area contributed by atoms with Gasteiger partial charge in [-0.2, -0.15) is 0 Å². The Kier molecular flexibility index (Phi) is 3.97. The van der Waals surface area contributed by atoms with Crippen LogP contribution in [0.1, 0.15) is 26.7 Å². The first-order chi connectivity index (χ1) is 8.14. The summed E-state index contributed by atoms with van der Waals surface area (Å²) in [5.74, 6) is 0. The summed E-state index contributed by atoms with van der Waals surface area (Å²) in [6.45, 7) is 5.00. The van der Waals surface area contributed by atoms with E-state index in [0.717, 1.165) is 18.1 Å². The third-order valence-corrected chi connectivity index (χ3v) is 4.58. The van der Waals surface area contributed by atoms with Crippen molar-refractivity contribution in [3.8, 4) is 0 Å². The van der Waals surface area contributed by atoms with Crippen LogP contribution in [0.25, 0.3) is 0 Å². The Morgan fingerprint density at radius 3 is 2.94 bits per heavy atom. The van der Waals surface area contributed by atoms with Gasteiger partial charge in [0.1, 0.15) is 23.2 Å². The highest BCUT2D eigenvalue weighted by molar-refractivity contribution is 8.14. The summed E-state index contributed by atoms with van der Waals surface area (Å²) < 4.78 is 5.60. The van der Waals surface area contributed by atoms with Gasteiger partial charge in [-0.05, 0) is 12.8 Å². The number of amidine groups is 1. The number of nitrogens with one attached hydrogen (secondary N) is 1. The molecule has 2 saturated heterocycles. The first-order valence-corrected chi connectivity index (χ1v) is 6.99. The molecule has 2 aliphatic rings. The molecule has 2 rings (SSSR count). The normalized spacial score (nSPS) is 43.5. The number of ether oxygens (including phenoxy) is 1. The van der Waals surface area contributed by atoms with Crippen LogP contribution in [0.4, 0.5) is 0 Å². The molecule has 5 nitrogen and oxygen atoms in total. The van der Waals surface area contributed by atoms with Gasteiger partial charge in [0, 0.05) is 6.54 Å². The minimum absolute atomic E-state index is 0.165. The molecule has 17 heavy (non-hydrogen) atoms. The second-order valence-electron chi connectivity index (χ2n) is 4.50. The van der Waals surface area contributed by atoms with Gasteiger partial charge in [0.15, 0.2) is 5.17 Å². The summed E-state index contributed by atoms with van der Waals surface area (Å²) in [4.78, 5) is 4.41. The van der Waals surface area contributed by atoms with Gasteiger partial charge in [-0.3, -0.25) is 4.99 Å². The van der Waals surface area contributed by atoms with E-state index in [2.05, 4.69) is 17.2 Å². The topological polar surface area (TPSA) is 74.1 Å². The van der Waals surface area contributed by atoms with Gasteiger partial charge in [0.05, 0.1) is 6.61 Å². The third-order valence-electron chi connectivity index (χ3n) is 3.35. The second kappa shape index (κ2) is 5.14. The highest BCUT2D eigenvalue weighted by atomic mass is 32.2. The predicted octanol–water partition coefficient (Wildman–Crippen LogP) is 0.316. The standard InChI is InChI=1S/C11H20N2O3S/c1-3-5-12-10-13-11(4-2)8(15)7(14)6-16-9(11)17-10/h7-9,14-15H,3-6H2,1-2H3,(H,12,13). The Balaban J connectivity index is 2.19. The highest BCUT2D eigenvalue weighted by Gasteiger charge is 2.56. The molecule has 4 unspecified atom stereocenters. The average molecular weight is 260 g/mol. The first kappa shape index (κ1) is 13.1. The van der Waals surface area contributed by atoms with Crippen molar-refractivity contribution in [3.63, 3.8) is 0 Å². The van der Waals surface area contributed by atoms with E-state index in [-0.39, 0.29) is 12.0 Å². The first-order valence-electron chi connectivity index (χ1n) is 6.11. The molecule has 2 heterocycles. The van der Waals surface area contributed by atoms with Gasteiger partial charge in [0.25, 0.3) is 0 Å². The molecule has 0 radical (unpaired) electrons. The Bertz CT molecular complexity index is 313. The quantitative estimate of drug-likeness (QED) is 0.681. The van der Waals surface area contributed by atoms with Gasteiger partial charge >= 0.3 is 0 Å². The van der Waals surface area contributed by atoms with Crippen molar-refractivity contribution < 1.29 is 14.9 Å². The fourth-order valence-corrected chi connectivity index (χ4v) is 3.60. The van der Waals surface area contributed by atoms with Crippen LogP contribution in [0.15, 0.2) is 4.99 Å². The summed E-state index contributed by atoms with van der Waals surface area (Å²) in [6, 6.07) is 0. The highest BCUT2D eigenvalue weighted by Crippen LogP contribution is 2.41. The van der Waals surface area contributed by atoms with Crippen molar-refractivity contribution in [1.82, 2.24) is 5.32 Å². The molecule has 98 valence electrons. The molecule has 0 aromatic heterocycles. The van der Waals surface area contributed by atoms with Crippen LogP contribution in [0.3, 0.4) is 0 Å². The van der Waals surface area contributed by atoms with Gasteiger partial charge in [-0.15, -0.1) is 0 Å². The third kappa shape index (κ3) is 2.19. The van der Waals surface area contributed by atoms with E-state index < -0.39 is 17.7 Å². The van der Waals surface area contributed by atoms with Crippen molar-refractivity contribution in [2.45, 2.75) is 49.9 Å². The predicted molar refractivity (Wildman–Crippen MR) is 68.1 cm³/mol. The van der Waals surface area contributed by atoms with Crippen LogP contribution < -0.4 is 5.32 Å². The molecule has 0 aromatic carbocycles. The van der Waals surface area contributed by atoms with E-state index in [4.69, 9.17) is 4.74 Å². The van der Waals surface area contributed by atoms with Crippen LogP contribution in [0.2, 0.25) is 0 Å². The lowest BCUT2D eigenvalue weighted by Gasteiger charge is -2.43. The van der Waals surface area contributed by atoms with Crippen LogP contribution in [0, 0.1) is 0 Å². The molecular formula is C11H20N2O3S. The number of hydrogen-bond acceptors (Lipinski definition) is 5. The number of aliphatic hydroxyl groups excluding tert-OH is 2. The van der Waals surface area contributed by atoms with Crippen molar-refractivity contribution >= 4 is 16.9 Å².